The Kier molecular flexibility index (Phi) is 15.8. The molecule has 4 unspecified atom stereocenters. The highest BCUT2D eigenvalue weighted by Gasteiger charge is 2.48. The van der Waals surface area contributed by atoms with Gasteiger partial charge in [-0.1, -0.05) is 169 Å². The molecule has 6 aliphatic rings. The Bertz CT molecular complexity index is 5150. The van der Waals surface area contributed by atoms with Gasteiger partial charge in [0.25, 0.3) is 0 Å². The van der Waals surface area contributed by atoms with Gasteiger partial charge in [-0.2, -0.15) is 0 Å². The fraction of sp³-hybridized carbons (Fsp3) is 0.261. The van der Waals surface area contributed by atoms with Crippen LogP contribution < -0.4 is 18.3 Å². The second kappa shape index (κ2) is 28.4. The van der Waals surface area contributed by atoms with Crippen LogP contribution in [-0.4, -0.2) is 0 Å². The van der Waals surface area contributed by atoms with Crippen LogP contribution in [0.25, 0.3) is 89.5 Å². The van der Waals surface area contributed by atoms with Crippen LogP contribution in [0.15, 0.2) is 255 Å². The zero-order valence-corrected chi connectivity index (χ0v) is 57.2. The molecule has 96 heavy (non-hydrogen) atoms. The number of rotatable bonds is 10. The largest absolute Gasteiger partial charge is 0.212 e. The minimum atomic E-state index is -2.38. The third kappa shape index (κ3) is 13.9. The molecule has 0 N–H and O–H groups in total. The highest BCUT2D eigenvalue weighted by molar-refractivity contribution is 5.71. The molecular weight excluding hydrogens is 1160 g/mol. The van der Waals surface area contributed by atoms with Crippen molar-refractivity contribution < 1.29 is 32.0 Å². The SMILES string of the molecule is Cc1ccccc1-c1ccc(-c2ccc(C3C4CCC3C4)cc2)c[n+]1C.[2H]C([2H])([2H])c1cc(-c2ccc(-c3ccccc3C)[n+](C)c2)cc(C([2H])([2H])[2H])c1.[2H]C([2H])([2H])c1ccc(-c2ccc(-c3ccccc3C)[n+](C)c2)cc1C.[2H]C1(c2ccc(-c3ccc(-c4ccccc4C)[n+](C)c3)cc2)C2CCC1C2. The molecule has 12 aromatic rings. The number of hydrogen-bond donors (Lipinski definition) is 0. The number of pyridine rings is 4. The van der Waals surface area contributed by atoms with Crippen LogP contribution in [0, 0.1) is 78.8 Å². The Morgan fingerprint density at radius 3 is 0.969 bits per heavy atom. The average Bonchev–Trinajstić information content (AvgIpc) is 1.55. The van der Waals surface area contributed by atoms with E-state index in [0.717, 1.165) is 62.5 Å². The summed E-state index contributed by atoms with van der Waals surface area (Å²) in [4.78, 5) is 0. The Labute approximate surface area is 587 Å². The number of nitrogens with zero attached hydrogens (tertiary/aromatic N) is 4. The molecule has 8 aromatic carbocycles. The van der Waals surface area contributed by atoms with Crippen LogP contribution in [0.4, 0.5) is 0 Å². The maximum absolute atomic E-state index is 8.93. The Morgan fingerprint density at radius 2 is 0.625 bits per heavy atom. The summed E-state index contributed by atoms with van der Waals surface area (Å²) in [7, 11) is 8.22. The number of hydrogen-bond acceptors (Lipinski definition) is 0. The molecule has 4 heteroatoms. The summed E-state index contributed by atoms with van der Waals surface area (Å²) in [6.07, 6.45) is 16.6. The summed E-state index contributed by atoms with van der Waals surface area (Å²) in [6.45, 7) is 3.53. The van der Waals surface area contributed by atoms with Crippen molar-refractivity contribution in [3.63, 3.8) is 0 Å². The summed E-state index contributed by atoms with van der Waals surface area (Å²) in [5.41, 5.74) is 27.1. The number of aromatic nitrogens is 4. The van der Waals surface area contributed by atoms with E-state index in [-0.39, 0.29) is 17.0 Å². The molecule has 480 valence electrons. The first-order valence-electron chi connectivity index (χ1n) is 39.2. The van der Waals surface area contributed by atoms with Crippen molar-refractivity contribution in [1.82, 2.24) is 0 Å². The molecule has 4 nitrogen and oxygen atoms in total. The maximum Gasteiger partial charge on any atom is 0.212 e. The molecule has 0 spiro atoms. The zero-order chi connectivity index (χ0) is 75.1. The molecule has 4 bridgehead atoms. The Balaban J connectivity index is 0.000000125. The quantitative estimate of drug-likeness (QED) is 0.121. The molecule has 0 radical (unpaired) electrons. The van der Waals surface area contributed by atoms with Crippen molar-refractivity contribution in [1.29, 1.82) is 0 Å². The van der Waals surface area contributed by atoms with Gasteiger partial charge in [0.1, 0.15) is 28.2 Å². The van der Waals surface area contributed by atoms with Crippen LogP contribution in [0.5, 0.6) is 0 Å². The van der Waals surface area contributed by atoms with Crippen molar-refractivity contribution in [3.8, 4) is 89.5 Å². The van der Waals surface area contributed by atoms with Gasteiger partial charge in [-0.25, -0.2) is 18.3 Å². The van der Waals surface area contributed by atoms with E-state index in [1.165, 1.54) is 117 Å². The van der Waals surface area contributed by atoms with E-state index in [1.807, 2.05) is 99.4 Å². The first-order valence-corrected chi connectivity index (χ1v) is 34.2. The van der Waals surface area contributed by atoms with Crippen LogP contribution in [0.3, 0.4) is 0 Å². The lowest BCUT2D eigenvalue weighted by atomic mass is 9.68. The summed E-state index contributed by atoms with van der Waals surface area (Å²) in [6, 6.07) is 78.6. The van der Waals surface area contributed by atoms with Crippen molar-refractivity contribution >= 4 is 0 Å². The summed E-state index contributed by atoms with van der Waals surface area (Å²) in [5.74, 6) is 3.65. The van der Waals surface area contributed by atoms with Crippen LogP contribution in [0.1, 0.15) is 120 Å². The molecule has 18 rings (SSSR count). The number of benzene rings is 8. The minimum absolute atomic E-state index is 0.0294. The molecule has 0 amide bonds. The van der Waals surface area contributed by atoms with Gasteiger partial charge in [0.15, 0.2) is 24.8 Å². The van der Waals surface area contributed by atoms with Crippen LogP contribution >= 0.6 is 0 Å². The van der Waals surface area contributed by atoms with Gasteiger partial charge >= 0.3 is 0 Å². The van der Waals surface area contributed by atoms with Gasteiger partial charge in [-0.3, -0.25) is 0 Å². The van der Waals surface area contributed by atoms with Gasteiger partial charge in [-0.05, 0) is 244 Å². The molecule has 0 aliphatic heterocycles. The lowest BCUT2D eigenvalue weighted by molar-refractivity contribution is -0.660. The average molecular weight is 1270 g/mol. The smallest absolute Gasteiger partial charge is 0.200 e. The highest BCUT2D eigenvalue weighted by atomic mass is 14.9. The van der Waals surface area contributed by atoms with Crippen molar-refractivity contribution in [2.45, 2.75) is 106 Å². The normalized spacial score (nSPS) is 20.4. The summed E-state index contributed by atoms with van der Waals surface area (Å²) in [5, 5.41) is 0. The number of aryl methyl sites for hydroxylation is 12. The van der Waals surface area contributed by atoms with Gasteiger partial charge < -0.3 is 0 Å². The van der Waals surface area contributed by atoms with Crippen LogP contribution in [-0.2, 0) is 28.2 Å². The summed E-state index contributed by atoms with van der Waals surface area (Å²) < 4.78 is 86.4. The van der Waals surface area contributed by atoms with Gasteiger partial charge in [0, 0.05) is 82.5 Å². The molecule has 6 fully saturated rings. The molecule has 6 aliphatic carbocycles. The topological polar surface area (TPSA) is 15.5 Å². The fourth-order valence-corrected chi connectivity index (χ4v) is 15.7. The third-order valence-electron chi connectivity index (χ3n) is 21.1. The van der Waals surface area contributed by atoms with E-state index in [0.29, 0.717) is 23.0 Å². The molecule has 4 aromatic heterocycles. The Morgan fingerprint density at radius 1 is 0.292 bits per heavy atom. The van der Waals surface area contributed by atoms with Crippen LogP contribution in [0.2, 0.25) is 0 Å². The van der Waals surface area contributed by atoms with Gasteiger partial charge in [0.05, 0.1) is 0 Å². The van der Waals surface area contributed by atoms with E-state index >= 15 is 0 Å². The number of fused-ring (bicyclic) bond motifs is 2. The molecule has 4 atom stereocenters. The maximum atomic E-state index is 8.93. The molecular formula is C92H96N4+4. The van der Waals surface area contributed by atoms with Crippen molar-refractivity contribution in [2.24, 2.45) is 51.9 Å². The third-order valence-corrected chi connectivity index (χ3v) is 21.1. The predicted octanol–water partition coefficient (Wildman–Crippen LogP) is 20.9. The summed E-state index contributed by atoms with van der Waals surface area (Å²) >= 11 is 0. The van der Waals surface area contributed by atoms with E-state index < -0.39 is 20.6 Å². The van der Waals surface area contributed by atoms with Crippen molar-refractivity contribution in [3.05, 3.63) is 311 Å². The monoisotopic (exact) mass is 1270 g/mol. The zero-order valence-electron chi connectivity index (χ0n) is 67.2. The van der Waals surface area contributed by atoms with E-state index in [2.05, 4.69) is 213 Å². The first-order chi connectivity index (χ1) is 50.5. The van der Waals surface area contributed by atoms with E-state index in [9.17, 15) is 0 Å². The molecule has 6 saturated carbocycles. The van der Waals surface area contributed by atoms with E-state index in [1.54, 1.807) is 23.8 Å². The Hall–Kier alpha value is -9.64. The minimum Gasteiger partial charge on any atom is -0.200 e. The first kappa shape index (κ1) is 53.6. The second-order valence-electron chi connectivity index (χ2n) is 27.5. The fourth-order valence-electron chi connectivity index (χ4n) is 15.7. The molecule has 0 saturated heterocycles. The predicted molar refractivity (Wildman–Crippen MR) is 399 cm³/mol. The lowest BCUT2D eigenvalue weighted by Crippen LogP contribution is -2.30. The standard InChI is InChI=1S/2C25H26N.2C21H22N/c2*1-17-5-3-4-6-23(17)24-14-13-22(16-26(24)2)18-7-9-19(10-8-18)25-20-11-12-21(25)15-20;1-15-11-16(2)13-19(12-15)18-9-10-21(22(4)14-18)20-8-6-5-7-17(20)3;1-15-9-10-18(13-17(15)3)19-11-12-21(22(4)14-19)20-8-6-5-7-16(20)2/h2*3-10,13-14,16,20-21,25H,11-12,15H2,1-2H3;2*5-14H,1-4H3/q4*+1/i25D;;1D3,2D3;1D3. The van der Waals surface area contributed by atoms with Gasteiger partial charge in [0.2, 0.25) is 22.8 Å². The second-order valence-corrected chi connectivity index (χ2v) is 27.5. The van der Waals surface area contributed by atoms with Crippen molar-refractivity contribution in [2.75, 3.05) is 0 Å². The molecule has 4 heterocycles. The highest BCUT2D eigenvalue weighted by Crippen LogP contribution is 2.59. The van der Waals surface area contributed by atoms with E-state index in [4.69, 9.17) is 13.7 Å². The van der Waals surface area contributed by atoms with Gasteiger partial charge in [-0.15, -0.1) is 0 Å². The lowest BCUT2D eigenvalue weighted by Gasteiger charge is -2.36.